The molecule has 1 aromatic rings. The van der Waals surface area contributed by atoms with E-state index in [1.54, 1.807) is 0 Å². The minimum atomic E-state index is -0.297. The van der Waals surface area contributed by atoms with Gasteiger partial charge >= 0.3 is 0 Å². The Balaban J connectivity index is 2.30. The van der Waals surface area contributed by atoms with Gasteiger partial charge in [0, 0.05) is 5.54 Å². The maximum Gasteiger partial charge on any atom is 0.224 e. The number of rotatable bonds is 3. The van der Waals surface area contributed by atoms with Gasteiger partial charge in [0.05, 0.1) is 5.92 Å². The Morgan fingerprint density at radius 1 is 1.47 bits per heavy atom. The van der Waals surface area contributed by atoms with Gasteiger partial charge in [0.2, 0.25) is 5.91 Å². The van der Waals surface area contributed by atoms with Crippen LogP contribution in [0.4, 0.5) is 0 Å². The van der Waals surface area contributed by atoms with Crippen LogP contribution in [0.2, 0.25) is 0 Å². The molecular formula is C12H16N2O. The highest BCUT2D eigenvalue weighted by atomic mass is 16.1. The van der Waals surface area contributed by atoms with Crippen molar-refractivity contribution in [3.63, 3.8) is 0 Å². The van der Waals surface area contributed by atoms with Crippen molar-refractivity contribution in [3.8, 4) is 0 Å². The van der Waals surface area contributed by atoms with Crippen LogP contribution in [0.5, 0.6) is 0 Å². The van der Waals surface area contributed by atoms with Gasteiger partial charge in [0.1, 0.15) is 0 Å². The maximum absolute atomic E-state index is 11.1. The van der Waals surface area contributed by atoms with Crippen LogP contribution in [-0.4, -0.2) is 5.91 Å². The number of carbonyl (C=O) groups is 1. The number of amides is 1. The van der Waals surface area contributed by atoms with E-state index in [1.807, 2.05) is 31.2 Å². The zero-order valence-electron chi connectivity index (χ0n) is 8.86. The topological polar surface area (TPSA) is 69.1 Å². The first-order chi connectivity index (χ1) is 7.03. The molecule has 1 fully saturated rings. The maximum atomic E-state index is 11.1. The summed E-state index contributed by atoms with van der Waals surface area (Å²) in [5, 5.41) is 0. The second-order valence-electron chi connectivity index (χ2n) is 4.41. The van der Waals surface area contributed by atoms with Crippen molar-refractivity contribution in [1.82, 2.24) is 0 Å². The molecule has 80 valence electrons. The Hall–Kier alpha value is -1.35. The summed E-state index contributed by atoms with van der Waals surface area (Å²) in [6, 6.07) is 7.88. The van der Waals surface area contributed by atoms with E-state index in [-0.39, 0.29) is 17.4 Å². The SMILES string of the molecule is CC(C(N)=O)c1cccc(C2(N)CC2)c1. The smallest absolute Gasteiger partial charge is 0.224 e. The van der Waals surface area contributed by atoms with Gasteiger partial charge in [-0.05, 0) is 30.9 Å². The molecule has 1 aliphatic carbocycles. The van der Waals surface area contributed by atoms with Crippen molar-refractivity contribution in [1.29, 1.82) is 0 Å². The fourth-order valence-corrected chi connectivity index (χ4v) is 1.71. The summed E-state index contributed by atoms with van der Waals surface area (Å²) in [6.07, 6.45) is 2.06. The highest BCUT2D eigenvalue weighted by Crippen LogP contribution is 2.43. The lowest BCUT2D eigenvalue weighted by Crippen LogP contribution is -2.21. The molecular weight excluding hydrogens is 188 g/mol. The van der Waals surface area contributed by atoms with E-state index in [9.17, 15) is 4.79 Å². The molecule has 1 atom stereocenters. The van der Waals surface area contributed by atoms with Gasteiger partial charge in [-0.25, -0.2) is 0 Å². The van der Waals surface area contributed by atoms with Gasteiger partial charge in [-0.3, -0.25) is 4.79 Å². The van der Waals surface area contributed by atoms with Crippen molar-refractivity contribution in [3.05, 3.63) is 35.4 Å². The summed E-state index contributed by atoms with van der Waals surface area (Å²) < 4.78 is 0. The summed E-state index contributed by atoms with van der Waals surface area (Å²) in [7, 11) is 0. The first-order valence-electron chi connectivity index (χ1n) is 5.21. The van der Waals surface area contributed by atoms with Gasteiger partial charge in [-0.15, -0.1) is 0 Å². The van der Waals surface area contributed by atoms with Crippen molar-refractivity contribution in [2.75, 3.05) is 0 Å². The standard InChI is InChI=1S/C12H16N2O/c1-8(11(13)15)9-3-2-4-10(7-9)12(14)5-6-12/h2-4,7-8H,5-6,14H2,1H3,(H2,13,15). The molecule has 0 spiro atoms. The number of benzene rings is 1. The fourth-order valence-electron chi connectivity index (χ4n) is 1.71. The molecule has 0 aromatic heterocycles. The monoisotopic (exact) mass is 204 g/mol. The van der Waals surface area contributed by atoms with E-state index in [0.29, 0.717) is 0 Å². The van der Waals surface area contributed by atoms with Gasteiger partial charge in [0.15, 0.2) is 0 Å². The number of carbonyl (C=O) groups excluding carboxylic acids is 1. The molecule has 0 aliphatic heterocycles. The van der Waals surface area contributed by atoms with Gasteiger partial charge in [0.25, 0.3) is 0 Å². The first-order valence-corrected chi connectivity index (χ1v) is 5.21. The van der Waals surface area contributed by atoms with E-state index in [1.165, 1.54) is 0 Å². The molecule has 3 heteroatoms. The Kier molecular flexibility index (Phi) is 2.27. The Morgan fingerprint density at radius 3 is 2.67 bits per heavy atom. The number of hydrogen-bond acceptors (Lipinski definition) is 2. The van der Waals surface area contributed by atoms with E-state index in [0.717, 1.165) is 24.0 Å². The third kappa shape index (κ3) is 1.88. The molecule has 1 unspecified atom stereocenters. The zero-order valence-corrected chi connectivity index (χ0v) is 8.86. The molecule has 3 nitrogen and oxygen atoms in total. The van der Waals surface area contributed by atoms with E-state index < -0.39 is 0 Å². The lowest BCUT2D eigenvalue weighted by molar-refractivity contribution is -0.119. The Bertz CT molecular complexity index is 396. The van der Waals surface area contributed by atoms with Crippen LogP contribution in [0.15, 0.2) is 24.3 Å². The molecule has 0 bridgehead atoms. The van der Waals surface area contributed by atoms with Crippen molar-refractivity contribution >= 4 is 5.91 Å². The summed E-state index contributed by atoms with van der Waals surface area (Å²) >= 11 is 0. The van der Waals surface area contributed by atoms with Crippen LogP contribution in [0.25, 0.3) is 0 Å². The molecule has 2 rings (SSSR count). The number of nitrogens with two attached hydrogens (primary N) is 2. The van der Waals surface area contributed by atoms with Crippen LogP contribution < -0.4 is 11.5 Å². The molecule has 15 heavy (non-hydrogen) atoms. The lowest BCUT2D eigenvalue weighted by atomic mass is 9.95. The predicted octanol–water partition coefficient (Wildman–Crippen LogP) is 1.22. The molecule has 0 saturated heterocycles. The molecule has 4 N–H and O–H groups in total. The Labute approximate surface area is 89.5 Å². The van der Waals surface area contributed by atoms with E-state index in [4.69, 9.17) is 11.5 Å². The summed E-state index contributed by atoms with van der Waals surface area (Å²) in [5.74, 6) is -0.540. The first kappa shape index (κ1) is 10.2. The van der Waals surface area contributed by atoms with E-state index >= 15 is 0 Å². The molecule has 1 saturated carbocycles. The second kappa shape index (κ2) is 3.35. The number of hydrogen-bond donors (Lipinski definition) is 2. The minimum Gasteiger partial charge on any atom is -0.369 e. The third-order valence-corrected chi connectivity index (χ3v) is 3.18. The average Bonchev–Trinajstić information content (AvgIpc) is 2.97. The van der Waals surface area contributed by atoms with Gasteiger partial charge in [-0.2, -0.15) is 0 Å². The van der Waals surface area contributed by atoms with Crippen LogP contribution in [0.3, 0.4) is 0 Å². The molecule has 1 aliphatic rings. The van der Waals surface area contributed by atoms with Crippen molar-refractivity contribution in [2.24, 2.45) is 11.5 Å². The zero-order chi connectivity index (χ0) is 11.1. The third-order valence-electron chi connectivity index (χ3n) is 3.18. The van der Waals surface area contributed by atoms with Crippen molar-refractivity contribution < 1.29 is 4.79 Å². The molecule has 1 aromatic carbocycles. The highest BCUT2D eigenvalue weighted by Gasteiger charge is 2.40. The largest absolute Gasteiger partial charge is 0.369 e. The molecule has 0 radical (unpaired) electrons. The van der Waals surface area contributed by atoms with Gasteiger partial charge in [-0.1, -0.05) is 24.3 Å². The quantitative estimate of drug-likeness (QED) is 0.777. The second-order valence-corrected chi connectivity index (χ2v) is 4.41. The fraction of sp³-hybridized carbons (Fsp3) is 0.417. The van der Waals surface area contributed by atoms with Crippen LogP contribution in [-0.2, 0) is 10.3 Å². The number of primary amides is 1. The summed E-state index contributed by atoms with van der Waals surface area (Å²) in [4.78, 5) is 11.1. The van der Waals surface area contributed by atoms with Crippen LogP contribution in [0.1, 0.15) is 36.8 Å². The van der Waals surface area contributed by atoms with Crippen LogP contribution >= 0.6 is 0 Å². The summed E-state index contributed by atoms with van der Waals surface area (Å²) in [5.41, 5.74) is 13.3. The Morgan fingerprint density at radius 2 is 2.13 bits per heavy atom. The van der Waals surface area contributed by atoms with Gasteiger partial charge < -0.3 is 11.5 Å². The lowest BCUT2D eigenvalue weighted by Gasteiger charge is -2.13. The van der Waals surface area contributed by atoms with Crippen molar-refractivity contribution in [2.45, 2.75) is 31.2 Å². The highest BCUT2D eigenvalue weighted by molar-refractivity contribution is 5.81. The minimum absolute atomic E-state index is 0.145. The predicted molar refractivity (Wildman–Crippen MR) is 59.2 cm³/mol. The van der Waals surface area contributed by atoms with Crippen LogP contribution in [0, 0.1) is 0 Å². The molecule has 1 amide bonds. The average molecular weight is 204 g/mol. The van der Waals surface area contributed by atoms with E-state index in [2.05, 4.69) is 0 Å². The summed E-state index contributed by atoms with van der Waals surface area (Å²) in [6.45, 7) is 1.82. The normalized spacial score (nSPS) is 19.6. The molecule has 0 heterocycles.